The molecule has 0 saturated heterocycles. The van der Waals surface area contributed by atoms with Gasteiger partial charge >= 0.3 is 5.97 Å². The highest BCUT2D eigenvalue weighted by Crippen LogP contribution is 2.32. The van der Waals surface area contributed by atoms with E-state index in [4.69, 9.17) is 9.15 Å². The summed E-state index contributed by atoms with van der Waals surface area (Å²) < 4.78 is 38.3. The molecule has 2 N–H and O–H groups in total. The number of carbonyl (C=O) groups is 1. The van der Waals surface area contributed by atoms with Gasteiger partial charge in [-0.05, 0) is 36.2 Å². The van der Waals surface area contributed by atoms with E-state index < -0.39 is 28.0 Å². The zero-order chi connectivity index (χ0) is 19.1. The Hall–Kier alpha value is -2.58. The van der Waals surface area contributed by atoms with Crippen LogP contribution in [0.4, 0.5) is 0 Å². The van der Waals surface area contributed by atoms with Crippen molar-refractivity contribution in [2.75, 3.05) is 7.11 Å². The highest BCUT2D eigenvalue weighted by Gasteiger charge is 2.28. The van der Waals surface area contributed by atoms with Crippen molar-refractivity contribution in [3.8, 4) is 5.75 Å². The van der Waals surface area contributed by atoms with Crippen molar-refractivity contribution in [1.29, 1.82) is 0 Å². The fourth-order valence-corrected chi connectivity index (χ4v) is 4.09. The quantitative estimate of drug-likeness (QED) is 0.684. The zero-order valence-electron chi connectivity index (χ0n) is 14.5. The van der Waals surface area contributed by atoms with E-state index in [1.165, 1.54) is 12.1 Å². The number of nitrogens with one attached hydrogen (secondary N) is 1. The van der Waals surface area contributed by atoms with Crippen molar-refractivity contribution >= 4 is 37.9 Å². The van der Waals surface area contributed by atoms with E-state index in [9.17, 15) is 18.3 Å². The van der Waals surface area contributed by atoms with E-state index in [0.29, 0.717) is 16.9 Å². The maximum Gasteiger partial charge on any atom is 0.322 e. The second-order valence-electron chi connectivity index (χ2n) is 6.30. The summed E-state index contributed by atoms with van der Waals surface area (Å²) in [4.78, 5) is 11.2. The molecule has 0 aliphatic carbocycles. The number of furan rings is 1. The molecule has 0 radical (unpaired) electrons. The van der Waals surface area contributed by atoms with Crippen LogP contribution in [0.25, 0.3) is 21.9 Å². The molecule has 0 aliphatic rings. The van der Waals surface area contributed by atoms with Gasteiger partial charge in [0, 0.05) is 16.8 Å². The third kappa shape index (κ3) is 3.25. The second-order valence-corrected chi connectivity index (χ2v) is 8.02. The molecule has 8 heteroatoms. The molecule has 26 heavy (non-hydrogen) atoms. The third-order valence-corrected chi connectivity index (χ3v) is 5.61. The number of hydrogen-bond donors (Lipinski definition) is 2. The first-order valence-corrected chi connectivity index (χ1v) is 9.46. The van der Waals surface area contributed by atoms with Crippen LogP contribution in [0.2, 0.25) is 0 Å². The molecular formula is C18H19NO6S. The summed E-state index contributed by atoms with van der Waals surface area (Å²) in [5.41, 5.74) is 1.00. The van der Waals surface area contributed by atoms with Crippen LogP contribution in [0.5, 0.6) is 5.75 Å². The van der Waals surface area contributed by atoms with Crippen molar-refractivity contribution in [2.45, 2.75) is 24.8 Å². The van der Waals surface area contributed by atoms with E-state index in [1.54, 1.807) is 39.2 Å². The summed E-state index contributed by atoms with van der Waals surface area (Å²) in [5, 5.41) is 10.8. The van der Waals surface area contributed by atoms with E-state index in [1.807, 2.05) is 6.07 Å². The van der Waals surface area contributed by atoms with Gasteiger partial charge in [-0.2, -0.15) is 4.72 Å². The Bertz CT molecular complexity index is 1080. The van der Waals surface area contributed by atoms with E-state index in [2.05, 4.69) is 4.72 Å². The number of carboxylic acid groups (broad SMARTS) is 1. The Balaban J connectivity index is 2.05. The lowest BCUT2D eigenvalue weighted by Gasteiger charge is -2.17. The maximum absolute atomic E-state index is 12.6. The van der Waals surface area contributed by atoms with Gasteiger partial charge < -0.3 is 14.3 Å². The molecule has 1 heterocycles. The number of carboxylic acids is 1. The summed E-state index contributed by atoms with van der Waals surface area (Å²) >= 11 is 0. The molecule has 0 spiro atoms. The van der Waals surface area contributed by atoms with E-state index >= 15 is 0 Å². The van der Waals surface area contributed by atoms with Crippen LogP contribution in [-0.2, 0) is 14.8 Å². The summed E-state index contributed by atoms with van der Waals surface area (Å²) in [5.74, 6) is -0.954. The monoisotopic (exact) mass is 377 g/mol. The SMILES string of the molecule is COc1ccc2oc3cc(S(=O)(=O)N[C@H](C(=O)O)C(C)C)ccc3c2c1. The first-order chi connectivity index (χ1) is 12.2. The summed E-state index contributed by atoms with van der Waals surface area (Å²) in [6.07, 6.45) is 0. The van der Waals surface area contributed by atoms with E-state index in [-0.39, 0.29) is 4.90 Å². The molecule has 2 aromatic carbocycles. The predicted octanol–water partition coefficient (Wildman–Crippen LogP) is 2.98. The Morgan fingerprint density at radius 2 is 1.85 bits per heavy atom. The van der Waals surface area contributed by atoms with Crippen molar-refractivity contribution in [1.82, 2.24) is 4.72 Å². The molecular weight excluding hydrogens is 358 g/mol. The molecule has 0 aliphatic heterocycles. The maximum atomic E-state index is 12.6. The predicted molar refractivity (Wildman–Crippen MR) is 96.9 cm³/mol. The number of hydrogen-bond acceptors (Lipinski definition) is 5. The Kier molecular flexibility index (Phi) is 4.64. The zero-order valence-corrected chi connectivity index (χ0v) is 15.3. The Morgan fingerprint density at radius 1 is 1.12 bits per heavy atom. The fraction of sp³-hybridized carbons (Fsp3) is 0.278. The van der Waals surface area contributed by atoms with Crippen LogP contribution in [-0.4, -0.2) is 32.6 Å². The van der Waals surface area contributed by atoms with Gasteiger partial charge in [-0.3, -0.25) is 4.79 Å². The highest BCUT2D eigenvalue weighted by molar-refractivity contribution is 7.89. The number of methoxy groups -OCH3 is 1. The van der Waals surface area contributed by atoms with Gasteiger partial charge in [-0.15, -0.1) is 0 Å². The number of sulfonamides is 1. The standard InChI is InChI=1S/C18H19NO6S/c1-10(2)17(18(20)21)19-26(22,23)12-5-6-13-14-8-11(24-3)4-7-15(14)25-16(13)9-12/h4-10,17,19H,1-3H3,(H,20,21)/t17-/m0/s1. The first kappa shape index (κ1) is 18.2. The Labute approximate surface area is 150 Å². The van der Waals surface area contributed by atoms with Crippen LogP contribution in [0.3, 0.4) is 0 Å². The Morgan fingerprint density at radius 3 is 2.46 bits per heavy atom. The largest absolute Gasteiger partial charge is 0.497 e. The van der Waals surface area contributed by atoms with Crippen LogP contribution in [0, 0.1) is 5.92 Å². The number of ether oxygens (including phenoxy) is 1. The highest BCUT2D eigenvalue weighted by atomic mass is 32.2. The van der Waals surface area contributed by atoms with E-state index in [0.717, 1.165) is 10.8 Å². The molecule has 0 saturated carbocycles. The van der Waals surface area contributed by atoms with Crippen molar-refractivity contribution < 1.29 is 27.5 Å². The van der Waals surface area contributed by atoms with Crippen molar-refractivity contribution in [2.24, 2.45) is 5.92 Å². The minimum atomic E-state index is -4.01. The number of aliphatic carboxylic acids is 1. The van der Waals surface area contributed by atoms with Crippen LogP contribution in [0.1, 0.15) is 13.8 Å². The van der Waals surface area contributed by atoms with Crippen LogP contribution >= 0.6 is 0 Å². The van der Waals surface area contributed by atoms with Gasteiger partial charge in [0.1, 0.15) is 23.0 Å². The molecule has 0 fully saturated rings. The molecule has 7 nitrogen and oxygen atoms in total. The molecule has 1 atom stereocenters. The van der Waals surface area contributed by atoms with Crippen molar-refractivity contribution in [3.63, 3.8) is 0 Å². The van der Waals surface area contributed by atoms with Gasteiger partial charge in [0.05, 0.1) is 12.0 Å². The van der Waals surface area contributed by atoms with Gasteiger partial charge in [0.2, 0.25) is 10.0 Å². The summed E-state index contributed by atoms with van der Waals surface area (Å²) in [7, 11) is -2.44. The summed E-state index contributed by atoms with van der Waals surface area (Å²) in [6, 6.07) is 8.56. The lowest BCUT2D eigenvalue weighted by Crippen LogP contribution is -2.44. The molecule has 3 aromatic rings. The van der Waals surface area contributed by atoms with Gasteiger partial charge in [0.25, 0.3) is 0 Å². The van der Waals surface area contributed by atoms with Gasteiger partial charge in [0.15, 0.2) is 0 Å². The molecule has 0 bridgehead atoms. The number of fused-ring (bicyclic) bond motifs is 3. The van der Waals surface area contributed by atoms with Gasteiger partial charge in [-0.1, -0.05) is 13.8 Å². The van der Waals surface area contributed by atoms with Crippen LogP contribution < -0.4 is 9.46 Å². The average Bonchev–Trinajstić information content (AvgIpc) is 2.96. The second kappa shape index (κ2) is 6.62. The first-order valence-electron chi connectivity index (χ1n) is 7.98. The smallest absolute Gasteiger partial charge is 0.322 e. The van der Waals surface area contributed by atoms with Crippen LogP contribution in [0.15, 0.2) is 45.7 Å². The lowest BCUT2D eigenvalue weighted by atomic mass is 10.1. The third-order valence-electron chi connectivity index (χ3n) is 4.18. The molecule has 0 amide bonds. The van der Waals surface area contributed by atoms with Crippen molar-refractivity contribution in [3.05, 3.63) is 36.4 Å². The molecule has 3 rings (SSSR count). The topological polar surface area (TPSA) is 106 Å². The fourth-order valence-electron chi connectivity index (χ4n) is 2.74. The minimum Gasteiger partial charge on any atom is -0.497 e. The normalized spacial score (nSPS) is 13.4. The lowest BCUT2D eigenvalue weighted by molar-refractivity contribution is -0.140. The summed E-state index contributed by atoms with van der Waals surface area (Å²) in [6.45, 7) is 3.27. The van der Waals surface area contributed by atoms with Gasteiger partial charge in [-0.25, -0.2) is 8.42 Å². The minimum absolute atomic E-state index is 0.0529. The molecule has 1 aromatic heterocycles. The number of rotatable bonds is 6. The molecule has 138 valence electrons. The molecule has 0 unspecified atom stereocenters. The average molecular weight is 377 g/mol. The number of benzene rings is 2.